The fourth-order valence-corrected chi connectivity index (χ4v) is 1.07. The lowest BCUT2D eigenvalue weighted by Gasteiger charge is -2.00. The van der Waals surface area contributed by atoms with Gasteiger partial charge in [-0.05, 0) is 18.1 Å². The third-order valence-corrected chi connectivity index (χ3v) is 1.87. The standard InChI is InChI=1S/C13H14/c1-4-11(2)10-12(3)13-8-6-5-7-9-13/h4-10H,1,3H2,2H3/b11-10-. The van der Waals surface area contributed by atoms with Crippen LogP contribution in [0.5, 0.6) is 0 Å². The van der Waals surface area contributed by atoms with Gasteiger partial charge in [-0.15, -0.1) is 0 Å². The van der Waals surface area contributed by atoms with E-state index in [1.807, 2.05) is 37.3 Å². The molecule has 0 bridgehead atoms. The molecule has 0 heteroatoms. The first-order chi connectivity index (χ1) is 6.24. The van der Waals surface area contributed by atoms with Crippen LogP contribution in [0.3, 0.4) is 0 Å². The molecule has 0 aromatic heterocycles. The Kier molecular flexibility index (Phi) is 3.27. The Balaban J connectivity index is 2.87. The summed E-state index contributed by atoms with van der Waals surface area (Å²) in [6.45, 7) is 9.70. The molecule has 1 aromatic rings. The molecule has 0 atom stereocenters. The quantitative estimate of drug-likeness (QED) is 0.605. The number of allylic oxidation sites excluding steroid dienone is 4. The van der Waals surface area contributed by atoms with E-state index in [0.29, 0.717) is 0 Å². The molecule has 0 saturated heterocycles. The van der Waals surface area contributed by atoms with Crippen molar-refractivity contribution in [2.45, 2.75) is 6.92 Å². The van der Waals surface area contributed by atoms with E-state index < -0.39 is 0 Å². The zero-order valence-electron chi connectivity index (χ0n) is 7.96. The number of hydrogen-bond acceptors (Lipinski definition) is 0. The van der Waals surface area contributed by atoms with Crippen molar-refractivity contribution in [2.75, 3.05) is 0 Å². The van der Waals surface area contributed by atoms with Crippen LogP contribution in [0.25, 0.3) is 5.57 Å². The predicted octanol–water partition coefficient (Wildman–Crippen LogP) is 3.83. The van der Waals surface area contributed by atoms with Gasteiger partial charge in [-0.25, -0.2) is 0 Å². The minimum atomic E-state index is 1.03. The molecule has 0 unspecified atom stereocenters. The molecule has 0 amide bonds. The van der Waals surface area contributed by atoms with Crippen LogP contribution in [-0.4, -0.2) is 0 Å². The molecule has 0 heterocycles. The lowest BCUT2D eigenvalue weighted by Crippen LogP contribution is -1.78. The first-order valence-corrected chi connectivity index (χ1v) is 4.29. The summed E-state index contributed by atoms with van der Waals surface area (Å²) >= 11 is 0. The summed E-state index contributed by atoms with van der Waals surface area (Å²) in [6.07, 6.45) is 3.86. The molecule has 0 spiro atoms. The summed E-state index contributed by atoms with van der Waals surface area (Å²) in [7, 11) is 0. The second kappa shape index (κ2) is 4.46. The molecule has 0 radical (unpaired) electrons. The smallest absolute Gasteiger partial charge is 0.0190 e. The van der Waals surface area contributed by atoms with Crippen LogP contribution in [0.1, 0.15) is 12.5 Å². The van der Waals surface area contributed by atoms with E-state index in [9.17, 15) is 0 Å². The van der Waals surface area contributed by atoms with E-state index in [4.69, 9.17) is 0 Å². The van der Waals surface area contributed by atoms with Gasteiger partial charge in [0, 0.05) is 0 Å². The lowest BCUT2D eigenvalue weighted by molar-refractivity contribution is 1.53. The third-order valence-electron chi connectivity index (χ3n) is 1.87. The van der Waals surface area contributed by atoms with Crippen LogP contribution in [0.2, 0.25) is 0 Å². The van der Waals surface area contributed by atoms with Gasteiger partial charge >= 0.3 is 0 Å². The van der Waals surface area contributed by atoms with E-state index >= 15 is 0 Å². The number of benzene rings is 1. The maximum absolute atomic E-state index is 3.99. The summed E-state index contributed by atoms with van der Waals surface area (Å²) in [5.74, 6) is 0. The highest BCUT2D eigenvalue weighted by atomic mass is 14.0. The van der Waals surface area contributed by atoms with Gasteiger partial charge in [-0.2, -0.15) is 0 Å². The average molecular weight is 170 g/mol. The van der Waals surface area contributed by atoms with Gasteiger partial charge in [0.05, 0.1) is 0 Å². The summed E-state index contributed by atoms with van der Waals surface area (Å²) in [5.41, 5.74) is 3.32. The summed E-state index contributed by atoms with van der Waals surface area (Å²) in [4.78, 5) is 0. The molecule has 66 valence electrons. The molecular weight excluding hydrogens is 156 g/mol. The zero-order chi connectivity index (χ0) is 9.68. The molecule has 0 nitrogen and oxygen atoms in total. The highest BCUT2D eigenvalue weighted by molar-refractivity contribution is 5.72. The van der Waals surface area contributed by atoms with E-state index in [-0.39, 0.29) is 0 Å². The third kappa shape index (κ3) is 2.75. The Hall–Kier alpha value is -1.56. The van der Waals surface area contributed by atoms with Crippen molar-refractivity contribution in [3.63, 3.8) is 0 Å². The molecule has 0 aliphatic heterocycles. The van der Waals surface area contributed by atoms with Gasteiger partial charge in [0.15, 0.2) is 0 Å². The molecule has 0 N–H and O–H groups in total. The van der Waals surface area contributed by atoms with Crippen LogP contribution in [0.4, 0.5) is 0 Å². The van der Waals surface area contributed by atoms with Crippen LogP contribution in [-0.2, 0) is 0 Å². The molecule has 0 aliphatic carbocycles. The minimum absolute atomic E-state index is 1.03. The maximum Gasteiger partial charge on any atom is -0.0190 e. The zero-order valence-corrected chi connectivity index (χ0v) is 7.96. The predicted molar refractivity (Wildman–Crippen MR) is 59.4 cm³/mol. The van der Waals surface area contributed by atoms with Gasteiger partial charge in [0.1, 0.15) is 0 Å². The minimum Gasteiger partial charge on any atom is -0.0988 e. The molecule has 1 rings (SSSR count). The fourth-order valence-electron chi connectivity index (χ4n) is 1.07. The van der Waals surface area contributed by atoms with E-state index in [0.717, 1.165) is 16.7 Å². The Labute approximate surface area is 79.9 Å². The van der Waals surface area contributed by atoms with Gasteiger partial charge in [-0.1, -0.05) is 61.2 Å². The molecule has 1 aromatic carbocycles. The molecule has 0 fully saturated rings. The highest BCUT2D eigenvalue weighted by Gasteiger charge is 1.92. The molecule has 0 saturated carbocycles. The molecular formula is C13H14. The monoisotopic (exact) mass is 170 g/mol. The van der Waals surface area contributed by atoms with Crippen LogP contribution in [0.15, 0.2) is 61.2 Å². The van der Waals surface area contributed by atoms with Gasteiger partial charge in [-0.3, -0.25) is 0 Å². The SMILES string of the molecule is C=C/C(C)=C\C(=C)c1ccccc1. The van der Waals surface area contributed by atoms with Crippen molar-refractivity contribution in [3.8, 4) is 0 Å². The summed E-state index contributed by atoms with van der Waals surface area (Å²) < 4.78 is 0. The van der Waals surface area contributed by atoms with Crippen LogP contribution in [0, 0.1) is 0 Å². The van der Waals surface area contributed by atoms with E-state index in [2.05, 4.69) is 25.3 Å². The van der Waals surface area contributed by atoms with Crippen molar-refractivity contribution in [2.24, 2.45) is 0 Å². The summed E-state index contributed by atoms with van der Waals surface area (Å²) in [6, 6.07) is 10.1. The molecule has 13 heavy (non-hydrogen) atoms. The van der Waals surface area contributed by atoms with Gasteiger partial charge < -0.3 is 0 Å². The van der Waals surface area contributed by atoms with E-state index in [1.165, 1.54) is 0 Å². The first-order valence-electron chi connectivity index (χ1n) is 4.29. The Morgan fingerprint density at radius 2 is 1.85 bits per heavy atom. The molecule has 0 aliphatic rings. The maximum atomic E-state index is 3.99. The average Bonchev–Trinajstić information content (AvgIpc) is 2.19. The fraction of sp³-hybridized carbons (Fsp3) is 0.0769. The lowest BCUT2D eigenvalue weighted by atomic mass is 10.1. The highest BCUT2D eigenvalue weighted by Crippen LogP contribution is 2.14. The van der Waals surface area contributed by atoms with Crippen molar-refractivity contribution in [1.29, 1.82) is 0 Å². The van der Waals surface area contributed by atoms with Crippen LogP contribution < -0.4 is 0 Å². The number of rotatable bonds is 3. The Bertz CT molecular complexity index is 328. The summed E-state index contributed by atoms with van der Waals surface area (Å²) in [5, 5.41) is 0. The normalized spacial score (nSPS) is 11.0. The number of hydrogen-bond donors (Lipinski definition) is 0. The van der Waals surface area contributed by atoms with Crippen molar-refractivity contribution in [1.82, 2.24) is 0 Å². The van der Waals surface area contributed by atoms with Gasteiger partial charge in [0.2, 0.25) is 0 Å². The second-order valence-corrected chi connectivity index (χ2v) is 2.98. The van der Waals surface area contributed by atoms with Crippen molar-refractivity contribution in [3.05, 3.63) is 66.8 Å². The van der Waals surface area contributed by atoms with Gasteiger partial charge in [0.25, 0.3) is 0 Å². The van der Waals surface area contributed by atoms with Crippen molar-refractivity contribution < 1.29 is 0 Å². The Morgan fingerprint density at radius 1 is 1.23 bits per heavy atom. The second-order valence-electron chi connectivity index (χ2n) is 2.98. The van der Waals surface area contributed by atoms with E-state index in [1.54, 1.807) is 0 Å². The topological polar surface area (TPSA) is 0 Å². The largest absolute Gasteiger partial charge is 0.0988 e. The van der Waals surface area contributed by atoms with Crippen molar-refractivity contribution >= 4 is 5.57 Å². The Morgan fingerprint density at radius 3 is 2.38 bits per heavy atom. The van der Waals surface area contributed by atoms with Crippen LogP contribution >= 0.6 is 0 Å². The first kappa shape index (κ1) is 9.53.